The third-order valence-electron chi connectivity index (χ3n) is 3.78. The highest BCUT2D eigenvalue weighted by molar-refractivity contribution is 6.30. The van der Waals surface area contributed by atoms with Crippen LogP contribution < -0.4 is 10.6 Å². The highest BCUT2D eigenvalue weighted by Gasteiger charge is 2.26. The summed E-state index contributed by atoms with van der Waals surface area (Å²) in [5.74, 6) is -0.270. The molecule has 1 aliphatic rings. The number of carbonyl (C=O) groups is 2. The monoisotopic (exact) mass is 344 g/mol. The van der Waals surface area contributed by atoms with Gasteiger partial charge in [0.15, 0.2) is 0 Å². The number of halogens is 1. The molecule has 1 saturated heterocycles. The number of nitrogens with zero attached hydrogens (tertiary/aromatic N) is 2. The summed E-state index contributed by atoms with van der Waals surface area (Å²) in [5, 5.41) is 6.41. The van der Waals surface area contributed by atoms with Crippen molar-refractivity contribution >= 4 is 23.5 Å². The third-order valence-corrected chi connectivity index (χ3v) is 4.02. The summed E-state index contributed by atoms with van der Waals surface area (Å²) in [6, 6.07) is 12.4. The second kappa shape index (κ2) is 7.42. The van der Waals surface area contributed by atoms with Gasteiger partial charge >= 0.3 is 6.03 Å². The molecule has 0 saturated carbocycles. The summed E-state index contributed by atoms with van der Waals surface area (Å²) < 4.78 is 0. The first kappa shape index (κ1) is 16.4. The second-order valence-electron chi connectivity index (χ2n) is 5.40. The lowest BCUT2D eigenvalue weighted by atomic mass is 10.0. The minimum absolute atomic E-state index is 0.0289. The average molecular weight is 345 g/mol. The summed E-state index contributed by atoms with van der Waals surface area (Å²) in [7, 11) is 0. The molecule has 2 aromatic rings. The van der Waals surface area contributed by atoms with E-state index >= 15 is 0 Å². The van der Waals surface area contributed by atoms with Crippen molar-refractivity contribution in [1.82, 2.24) is 20.5 Å². The van der Waals surface area contributed by atoms with Gasteiger partial charge in [-0.1, -0.05) is 29.8 Å². The quantitative estimate of drug-likeness (QED) is 0.869. The van der Waals surface area contributed by atoms with E-state index in [0.29, 0.717) is 18.1 Å². The third kappa shape index (κ3) is 3.72. The molecule has 1 atom stereocenters. The van der Waals surface area contributed by atoms with Gasteiger partial charge in [-0.2, -0.15) is 0 Å². The van der Waals surface area contributed by atoms with Crippen LogP contribution in [0.4, 0.5) is 4.79 Å². The zero-order chi connectivity index (χ0) is 16.9. The molecule has 2 N–H and O–H groups in total. The van der Waals surface area contributed by atoms with E-state index in [2.05, 4.69) is 15.6 Å². The van der Waals surface area contributed by atoms with E-state index in [1.54, 1.807) is 12.3 Å². The summed E-state index contributed by atoms with van der Waals surface area (Å²) in [6.07, 6.45) is 1.70. The Labute approximate surface area is 144 Å². The van der Waals surface area contributed by atoms with Crippen LogP contribution in [0.2, 0.25) is 5.02 Å². The number of pyridine rings is 1. The van der Waals surface area contributed by atoms with Gasteiger partial charge in [-0.25, -0.2) is 4.79 Å². The van der Waals surface area contributed by atoms with Gasteiger partial charge in [0.25, 0.3) is 0 Å². The fourth-order valence-corrected chi connectivity index (χ4v) is 2.82. The Morgan fingerprint density at radius 3 is 2.88 bits per heavy atom. The van der Waals surface area contributed by atoms with E-state index in [1.807, 2.05) is 36.4 Å². The molecule has 0 unspecified atom stereocenters. The van der Waals surface area contributed by atoms with Crippen LogP contribution in [0, 0.1) is 0 Å². The summed E-state index contributed by atoms with van der Waals surface area (Å²) in [5.41, 5.74) is 1.68. The molecule has 3 rings (SSSR count). The SMILES string of the molecule is O=C(CN[C@@H](c1cccc(Cl)c1)c1ccccn1)N1CCNC1=O. The predicted octanol–water partition coefficient (Wildman–Crippen LogP) is 1.97. The van der Waals surface area contributed by atoms with Gasteiger partial charge in [0.1, 0.15) is 0 Å². The lowest BCUT2D eigenvalue weighted by Gasteiger charge is -2.20. The van der Waals surface area contributed by atoms with Crippen molar-refractivity contribution in [3.63, 3.8) is 0 Å². The largest absolute Gasteiger partial charge is 0.336 e. The molecule has 7 heteroatoms. The van der Waals surface area contributed by atoms with Gasteiger partial charge in [-0.15, -0.1) is 0 Å². The van der Waals surface area contributed by atoms with Gasteiger partial charge in [-0.3, -0.25) is 20.0 Å². The van der Waals surface area contributed by atoms with Gasteiger partial charge in [0.05, 0.1) is 18.3 Å². The molecule has 24 heavy (non-hydrogen) atoms. The Bertz CT molecular complexity index is 738. The normalized spacial score (nSPS) is 15.2. The molecule has 1 aliphatic heterocycles. The van der Waals surface area contributed by atoms with Crippen LogP contribution in [0.1, 0.15) is 17.3 Å². The zero-order valence-corrected chi connectivity index (χ0v) is 13.7. The molecule has 1 fully saturated rings. The van der Waals surface area contributed by atoms with Crippen molar-refractivity contribution in [2.75, 3.05) is 19.6 Å². The highest BCUT2D eigenvalue weighted by Crippen LogP contribution is 2.23. The molecule has 0 spiro atoms. The Morgan fingerprint density at radius 2 is 2.21 bits per heavy atom. The summed E-state index contributed by atoms with van der Waals surface area (Å²) in [4.78, 5) is 29.4. The molecule has 0 bridgehead atoms. The minimum Gasteiger partial charge on any atom is -0.336 e. The Morgan fingerprint density at radius 1 is 1.33 bits per heavy atom. The molecule has 2 heterocycles. The van der Waals surface area contributed by atoms with Crippen LogP contribution in [0.25, 0.3) is 0 Å². The van der Waals surface area contributed by atoms with E-state index < -0.39 is 0 Å². The number of nitrogens with one attached hydrogen (secondary N) is 2. The Kier molecular flexibility index (Phi) is 5.08. The smallest absolute Gasteiger partial charge is 0.324 e. The molecule has 6 nitrogen and oxygen atoms in total. The lowest BCUT2D eigenvalue weighted by molar-refractivity contribution is -0.126. The van der Waals surface area contributed by atoms with Crippen LogP contribution >= 0.6 is 11.6 Å². The number of urea groups is 1. The average Bonchev–Trinajstić information content (AvgIpc) is 3.02. The fraction of sp³-hybridized carbons (Fsp3) is 0.235. The van der Waals surface area contributed by atoms with Crippen molar-refractivity contribution in [1.29, 1.82) is 0 Å². The van der Waals surface area contributed by atoms with Crippen molar-refractivity contribution in [2.24, 2.45) is 0 Å². The number of aromatic nitrogens is 1. The minimum atomic E-state index is -0.348. The first-order chi connectivity index (χ1) is 11.6. The van der Waals surface area contributed by atoms with Crippen LogP contribution in [0.3, 0.4) is 0 Å². The maximum atomic E-state index is 12.2. The van der Waals surface area contributed by atoms with E-state index in [0.717, 1.165) is 11.3 Å². The number of rotatable bonds is 5. The Hall–Kier alpha value is -2.44. The molecular formula is C17H17ClN4O2. The second-order valence-corrected chi connectivity index (χ2v) is 5.84. The van der Waals surface area contributed by atoms with Gasteiger partial charge < -0.3 is 5.32 Å². The number of imide groups is 1. The van der Waals surface area contributed by atoms with Gasteiger partial charge in [0, 0.05) is 24.3 Å². The number of hydrogen-bond donors (Lipinski definition) is 2. The summed E-state index contributed by atoms with van der Waals surface area (Å²) >= 11 is 6.09. The number of amides is 3. The topological polar surface area (TPSA) is 74.3 Å². The molecular weight excluding hydrogens is 328 g/mol. The van der Waals surface area contributed by atoms with E-state index in [4.69, 9.17) is 11.6 Å². The van der Waals surface area contributed by atoms with Crippen LogP contribution in [0.15, 0.2) is 48.7 Å². The lowest BCUT2D eigenvalue weighted by Crippen LogP contribution is -2.41. The van der Waals surface area contributed by atoms with Crippen molar-refractivity contribution < 1.29 is 9.59 Å². The van der Waals surface area contributed by atoms with E-state index in [1.165, 1.54) is 4.90 Å². The van der Waals surface area contributed by atoms with E-state index in [-0.39, 0.29) is 24.5 Å². The molecule has 0 aliphatic carbocycles. The van der Waals surface area contributed by atoms with Crippen molar-refractivity contribution in [3.05, 3.63) is 64.9 Å². The summed E-state index contributed by atoms with van der Waals surface area (Å²) in [6.45, 7) is 0.911. The van der Waals surface area contributed by atoms with Gasteiger partial charge in [-0.05, 0) is 29.8 Å². The van der Waals surface area contributed by atoms with Gasteiger partial charge in [0.2, 0.25) is 5.91 Å². The van der Waals surface area contributed by atoms with Crippen LogP contribution in [-0.4, -0.2) is 41.5 Å². The van der Waals surface area contributed by atoms with Crippen LogP contribution in [-0.2, 0) is 4.79 Å². The number of carbonyl (C=O) groups excluding carboxylic acids is 2. The molecule has 1 aromatic heterocycles. The molecule has 1 aromatic carbocycles. The fourth-order valence-electron chi connectivity index (χ4n) is 2.62. The predicted molar refractivity (Wildman–Crippen MR) is 90.6 cm³/mol. The first-order valence-corrected chi connectivity index (χ1v) is 8.01. The number of hydrogen-bond acceptors (Lipinski definition) is 4. The maximum Gasteiger partial charge on any atom is 0.324 e. The van der Waals surface area contributed by atoms with E-state index in [9.17, 15) is 9.59 Å². The molecule has 0 radical (unpaired) electrons. The van der Waals surface area contributed by atoms with Crippen LogP contribution in [0.5, 0.6) is 0 Å². The molecule has 124 valence electrons. The highest BCUT2D eigenvalue weighted by atomic mass is 35.5. The first-order valence-electron chi connectivity index (χ1n) is 7.63. The number of benzene rings is 1. The standard InChI is InChI=1S/C17H17ClN4O2/c18-13-5-3-4-12(10-13)16(14-6-1-2-7-19-14)21-11-15(23)22-9-8-20-17(22)24/h1-7,10,16,21H,8-9,11H2,(H,20,24)/t16-/m0/s1. The van der Waals surface area contributed by atoms with Crippen molar-refractivity contribution in [2.45, 2.75) is 6.04 Å². The van der Waals surface area contributed by atoms with Crippen molar-refractivity contribution in [3.8, 4) is 0 Å². The maximum absolute atomic E-state index is 12.2. The zero-order valence-electron chi connectivity index (χ0n) is 12.9. The Balaban J connectivity index is 1.78. The molecule has 3 amide bonds.